The zero-order valence-corrected chi connectivity index (χ0v) is 33.0. The number of aliphatic hydroxyl groups excluding tert-OH is 7. The monoisotopic (exact) mass is 779 g/mol. The van der Waals surface area contributed by atoms with Gasteiger partial charge in [0.15, 0.2) is 12.6 Å². The highest BCUT2D eigenvalue weighted by molar-refractivity contribution is 5.69. The Morgan fingerprint density at radius 3 is 1.74 bits per heavy atom. The fourth-order valence-electron chi connectivity index (χ4n) is 6.50. The van der Waals surface area contributed by atoms with Gasteiger partial charge in [0, 0.05) is 13.0 Å². The first-order valence-corrected chi connectivity index (χ1v) is 20.8. The SMILES string of the molecule is CCCC/C=C\CCCCCCCCOCC(COC1OC(COC2OC(CO)C(O)C(O)C2O)C(O)C(O)C1O)OC(=O)CCCCCCCCCC. The quantitative estimate of drug-likeness (QED) is 0.0305. The van der Waals surface area contributed by atoms with Gasteiger partial charge < -0.3 is 64.2 Å². The van der Waals surface area contributed by atoms with Crippen molar-refractivity contribution in [2.24, 2.45) is 0 Å². The van der Waals surface area contributed by atoms with Crippen LogP contribution in [0.25, 0.3) is 0 Å². The second-order valence-corrected chi connectivity index (χ2v) is 14.8. The van der Waals surface area contributed by atoms with E-state index in [1.54, 1.807) is 0 Å². The van der Waals surface area contributed by atoms with E-state index in [1.807, 2.05) is 0 Å². The van der Waals surface area contributed by atoms with Crippen LogP contribution >= 0.6 is 0 Å². The van der Waals surface area contributed by atoms with Gasteiger partial charge in [0.1, 0.15) is 54.9 Å². The number of hydrogen-bond acceptors (Lipinski definition) is 14. The van der Waals surface area contributed by atoms with Crippen molar-refractivity contribution in [2.75, 3.05) is 33.0 Å². The molecular weight excluding hydrogens is 704 g/mol. The lowest BCUT2D eigenvalue weighted by Crippen LogP contribution is -2.61. The molecule has 2 aliphatic heterocycles. The van der Waals surface area contributed by atoms with Crippen LogP contribution in [0, 0.1) is 0 Å². The number of carbonyl (C=O) groups is 1. The van der Waals surface area contributed by atoms with E-state index in [9.17, 15) is 40.5 Å². The summed E-state index contributed by atoms with van der Waals surface area (Å²) in [5.41, 5.74) is 0. The standard InChI is InChI=1S/C40H74O14/c1-3-5-7-9-11-13-14-15-16-18-20-22-24-49-26-29(52-32(42)23-21-19-17-12-10-8-6-4-2)27-50-39-38(48)36(46)34(44)31(54-39)28-51-40-37(47)35(45)33(43)30(25-41)53-40/h9,11,29-31,33-41,43-48H,3-8,10,12-28H2,1-2H3/b11-9-. The van der Waals surface area contributed by atoms with Crippen LogP contribution in [0.15, 0.2) is 12.2 Å². The Labute approximate surface area is 323 Å². The number of carbonyl (C=O) groups excluding carboxylic acids is 1. The molecule has 0 aromatic rings. The van der Waals surface area contributed by atoms with Crippen molar-refractivity contribution in [1.82, 2.24) is 0 Å². The maximum Gasteiger partial charge on any atom is 0.306 e. The van der Waals surface area contributed by atoms with E-state index in [0.29, 0.717) is 13.0 Å². The predicted molar refractivity (Wildman–Crippen MR) is 201 cm³/mol. The van der Waals surface area contributed by atoms with Gasteiger partial charge in [-0.1, -0.05) is 109 Å². The summed E-state index contributed by atoms with van der Waals surface area (Å²) in [6, 6.07) is 0. The Kier molecular flexibility index (Phi) is 27.1. The van der Waals surface area contributed by atoms with E-state index in [-0.39, 0.29) is 25.6 Å². The molecule has 2 heterocycles. The van der Waals surface area contributed by atoms with E-state index in [2.05, 4.69) is 26.0 Å². The number of ether oxygens (including phenoxy) is 6. The summed E-state index contributed by atoms with van der Waals surface area (Å²) in [6.45, 7) is 3.58. The maximum absolute atomic E-state index is 12.8. The lowest BCUT2D eigenvalue weighted by molar-refractivity contribution is -0.332. The first-order valence-electron chi connectivity index (χ1n) is 20.8. The summed E-state index contributed by atoms with van der Waals surface area (Å²) in [4.78, 5) is 12.8. The van der Waals surface area contributed by atoms with Crippen molar-refractivity contribution >= 4 is 5.97 Å². The summed E-state index contributed by atoms with van der Waals surface area (Å²) in [5.74, 6) is -0.384. The van der Waals surface area contributed by atoms with E-state index in [0.717, 1.165) is 44.9 Å². The maximum atomic E-state index is 12.8. The molecule has 2 saturated heterocycles. The van der Waals surface area contributed by atoms with E-state index < -0.39 is 80.7 Å². The van der Waals surface area contributed by atoms with Gasteiger partial charge in [-0.2, -0.15) is 0 Å². The molecule has 11 atom stereocenters. The molecule has 0 radical (unpaired) electrons. The molecule has 0 spiro atoms. The number of esters is 1. The molecule has 14 nitrogen and oxygen atoms in total. The third-order valence-corrected chi connectivity index (χ3v) is 10.0. The first-order chi connectivity index (χ1) is 26.1. The molecule has 11 unspecified atom stereocenters. The van der Waals surface area contributed by atoms with Crippen molar-refractivity contribution in [3.63, 3.8) is 0 Å². The third-order valence-electron chi connectivity index (χ3n) is 10.0. The molecule has 0 aromatic carbocycles. The number of hydrogen-bond donors (Lipinski definition) is 7. The minimum Gasteiger partial charge on any atom is -0.457 e. The normalized spacial score (nSPS) is 29.5. The van der Waals surface area contributed by atoms with E-state index >= 15 is 0 Å². The van der Waals surface area contributed by atoms with E-state index in [1.165, 1.54) is 64.2 Å². The summed E-state index contributed by atoms with van der Waals surface area (Å²) in [5, 5.41) is 71.6. The van der Waals surface area contributed by atoms with Crippen LogP contribution in [0.1, 0.15) is 136 Å². The molecule has 2 aliphatic rings. The topological polar surface area (TPSA) is 214 Å². The van der Waals surface area contributed by atoms with Gasteiger partial charge in [0.2, 0.25) is 0 Å². The largest absolute Gasteiger partial charge is 0.457 e. The molecule has 7 N–H and O–H groups in total. The van der Waals surface area contributed by atoms with Crippen LogP contribution < -0.4 is 0 Å². The van der Waals surface area contributed by atoms with Gasteiger partial charge >= 0.3 is 5.97 Å². The fraction of sp³-hybridized carbons (Fsp3) is 0.925. The molecule has 0 saturated carbocycles. The number of aliphatic hydroxyl groups is 7. The van der Waals surface area contributed by atoms with Crippen molar-refractivity contribution in [3.05, 3.63) is 12.2 Å². The second-order valence-electron chi connectivity index (χ2n) is 14.8. The Balaban J connectivity index is 1.85. The van der Waals surface area contributed by atoms with Gasteiger partial charge in [-0.05, 0) is 32.1 Å². The summed E-state index contributed by atoms with van der Waals surface area (Å²) in [7, 11) is 0. The highest BCUT2D eigenvalue weighted by Gasteiger charge is 2.47. The van der Waals surface area contributed by atoms with Crippen molar-refractivity contribution in [3.8, 4) is 0 Å². The Morgan fingerprint density at radius 1 is 0.593 bits per heavy atom. The molecule has 54 heavy (non-hydrogen) atoms. The van der Waals surface area contributed by atoms with Crippen molar-refractivity contribution < 1.29 is 69.0 Å². The zero-order valence-electron chi connectivity index (χ0n) is 33.0. The number of unbranched alkanes of at least 4 members (excludes halogenated alkanes) is 15. The van der Waals surface area contributed by atoms with Gasteiger partial charge in [-0.25, -0.2) is 0 Å². The van der Waals surface area contributed by atoms with Crippen LogP contribution in [-0.4, -0.2) is 142 Å². The Bertz CT molecular complexity index is 954. The lowest BCUT2D eigenvalue weighted by atomic mass is 9.98. The predicted octanol–water partition coefficient (Wildman–Crippen LogP) is 3.56. The van der Waals surface area contributed by atoms with Crippen LogP contribution in [-0.2, 0) is 33.2 Å². The van der Waals surface area contributed by atoms with Gasteiger partial charge in [-0.3, -0.25) is 4.79 Å². The fourth-order valence-corrected chi connectivity index (χ4v) is 6.50. The zero-order chi connectivity index (χ0) is 39.6. The summed E-state index contributed by atoms with van der Waals surface area (Å²) in [6.07, 6.45) is 8.77. The molecule has 0 amide bonds. The Hall–Kier alpha value is -1.27. The summed E-state index contributed by atoms with van der Waals surface area (Å²) >= 11 is 0. The van der Waals surface area contributed by atoms with Crippen molar-refractivity contribution in [2.45, 2.75) is 203 Å². The van der Waals surface area contributed by atoms with Gasteiger partial charge in [-0.15, -0.1) is 0 Å². The van der Waals surface area contributed by atoms with Crippen LogP contribution in [0.2, 0.25) is 0 Å². The average molecular weight is 779 g/mol. The molecule has 2 fully saturated rings. The molecule has 14 heteroatoms. The van der Waals surface area contributed by atoms with Gasteiger partial charge in [0.25, 0.3) is 0 Å². The molecule has 0 bridgehead atoms. The Morgan fingerprint density at radius 2 is 1.11 bits per heavy atom. The molecule has 2 rings (SSSR count). The minimum atomic E-state index is -1.70. The smallest absolute Gasteiger partial charge is 0.306 e. The minimum absolute atomic E-state index is 0.0607. The van der Waals surface area contributed by atoms with Crippen LogP contribution in [0.3, 0.4) is 0 Å². The highest BCUT2D eigenvalue weighted by Crippen LogP contribution is 2.26. The highest BCUT2D eigenvalue weighted by atomic mass is 16.7. The summed E-state index contributed by atoms with van der Waals surface area (Å²) < 4.78 is 34.0. The first kappa shape index (κ1) is 48.9. The van der Waals surface area contributed by atoms with Gasteiger partial charge in [0.05, 0.1) is 26.4 Å². The third kappa shape index (κ3) is 19.3. The molecule has 0 aromatic heterocycles. The second kappa shape index (κ2) is 29.9. The van der Waals surface area contributed by atoms with Crippen molar-refractivity contribution in [1.29, 1.82) is 0 Å². The number of rotatable bonds is 31. The van der Waals surface area contributed by atoms with Crippen LogP contribution in [0.5, 0.6) is 0 Å². The number of allylic oxidation sites excluding steroid dienone is 2. The van der Waals surface area contributed by atoms with Crippen LogP contribution in [0.4, 0.5) is 0 Å². The molecule has 0 aliphatic carbocycles. The lowest BCUT2D eigenvalue weighted by Gasteiger charge is -2.42. The van der Waals surface area contributed by atoms with E-state index in [4.69, 9.17) is 28.4 Å². The molecular formula is C40H74O14. The average Bonchev–Trinajstić information content (AvgIpc) is 3.17. The molecule has 318 valence electrons.